The van der Waals surface area contributed by atoms with Gasteiger partial charge < -0.3 is 5.32 Å². The van der Waals surface area contributed by atoms with Gasteiger partial charge in [0.2, 0.25) is 0 Å². The number of halogens is 1. The lowest BCUT2D eigenvalue weighted by molar-refractivity contribution is 0.309. The van der Waals surface area contributed by atoms with Crippen molar-refractivity contribution in [2.75, 3.05) is 0 Å². The number of thiophene rings is 1. The summed E-state index contributed by atoms with van der Waals surface area (Å²) >= 11 is 4.48. The Morgan fingerprint density at radius 2 is 2.21 bits per heavy atom. The van der Waals surface area contributed by atoms with Crippen LogP contribution in [0.4, 0.5) is 0 Å². The van der Waals surface area contributed by atoms with E-state index in [1.165, 1.54) is 41.4 Å². The minimum atomic E-state index is 0.631. The summed E-state index contributed by atoms with van der Waals surface area (Å²) in [5.74, 6) is 1.80. The number of hydrogen-bond donors (Lipinski definition) is 1. The van der Waals surface area contributed by atoms with E-state index in [9.17, 15) is 0 Å². The number of hydrogen-bond acceptors (Lipinski definition) is 2. The fraction of sp³-hybridized carbons (Fsp3) is 0.750. The van der Waals surface area contributed by atoms with Crippen LogP contribution in [0.25, 0.3) is 0 Å². The summed E-state index contributed by atoms with van der Waals surface area (Å²) in [5.41, 5.74) is 1.62. The zero-order valence-electron chi connectivity index (χ0n) is 11.9. The van der Waals surface area contributed by atoms with E-state index in [-0.39, 0.29) is 0 Å². The summed E-state index contributed by atoms with van der Waals surface area (Å²) in [6, 6.07) is 3.80. The van der Waals surface area contributed by atoms with Gasteiger partial charge in [0.1, 0.15) is 0 Å². The second kappa shape index (κ2) is 6.02. The molecule has 2 aliphatic carbocycles. The lowest BCUT2D eigenvalue weighted by Crippen LogP contribution is -2.36. The van der Waals surface area contributed by atoms with Crippen molar-refractivity contribution in [2.24, 2.45) is 11.8 Å². The SMILES string of the molecule is CCC1CCC(NC2CCCc3sc(I)cc32)C1C. The van der Waals surface area contributed by atoms with Crippen LogP contribution in [0, 0.1) is 14.7 Å². The molecule has 106 valence electrons. The van der Waals surface area contributed by atoms with Crippen molar-refractivity contribution in [1.82, 2.24) is 5.32 Å². The maximum Gasteiger partial charge on any atom is 0.0659 e. The van der Waals surface area contributed by atoms with E-state index < -0.39 is 0 Å². The van der Waals surface area contributed by atoms with Gasteiger partial charge in [0.15, 0.2) is 0 Å². The largest absolute Gasteiger partial charge is 0.307 e. The summed E-state index contributed by atoms with van der Waals surface area (Å²) < 4.78 is 1.46. The van der Waals surface area contributed by atoms with Crippen LogP contribution in [-0.2, 0) is 6.42 Å². The predicted molar refractivity (Wildman–Crippen MR) is 91.8 cm³/mol. The molecule has 1 aromatic rings. The van der Waals surface area contributed by atoms with Gasteiger partial charge in [-0.3, -0.25) is 0 Å². The molecule has 3 heteroatoms. The van der Waals surface area contributed by atoms with Crippen molar-refractivity contribution in [1.29, 1.82) is 0 Å². The van der Waals surface area contributed by atoms with Crippen LogP contribution in [0.2, 0.25) is 0 Å². The van der Waals surface area contributed by atoms with Crippen molar-refractivity contribution in [3.8, 4) is 0 Å². The van der Waals surface area contributed by atoms with Crippen molar-refractivity contribution >= 4 is 33.9 Å². The normalized spacial score (nSPS) is 34.5. The summed E-state index contributed by atoms with van der Waals surface area (Å²) in [6.07, 6.45) is 8.16. The minimum Gasteiger partial charge on any atom is -0.307 e. The summed E-state index contributed by atoms with van der Waals surface area (Å²) in [5, 5.41) is 4.00. The van der Waals surface area contributed by atoms with Crippen molar-refractivity contribution < 1.29 is 0 Å². The maximum atomic E-state index is 4.00. The van der Waals surface area contributed by atoms with E-state index in [0.717, 1.165) is 17.9 Å². The molecule has 1 heterocycles. The lowest BCUT2D eigenvalue weighted by atomic mass is 9.90. The summed E-state index contributed by atoms with van der Waals surface area (Å²) in [6.45, 7) is 4.81. The average molecular weight is 389 g/mol. The van der Waals surface area contributed by atoms with E-state index >= 15 is 0 Å². The van der Waals surface area contributed by atoms with Gasteiger partial charge in [0, 0.05) is 17.0 Å². The molecule has 1 aromatic heterocycles. The molecule has 3 rings (SSSR count). The zero-order chi connectivity index (χ0) is 13.4. The smallest absolute Gasteiger partial charge is 0.0659 e. The van der Waals surface area contributed by atoms with E-state index in [1.807, 2.05) is 11.3 Å². The Balaban J connectivity index is 1.71. The molecule has 2 aliphatic rings. The van der Waals surface area contributed by atoms with Crippen LogP contribution in [0.3, 0.4) is 0 Å². The van der Waals surface area contributed by atoms with Gasteiger partial charge in [0.05, 0.1) is 2.88 Å². The molecule has 1 nitrogen and oxygen atoms in total. The van der Waals surface area contributed by atoms with Crippen LogP contribution in [0.5, 0.6) is 0 Å². The number of rotatable bonds is 3. The number of nitrogens with one attached hydrogen (secondary N) is 1. The van der Waals surface area contributed by atoms with E-state index in [1.54, 1.807) is 10.4 Å². The standard InChI is InChI=1S/C16H24INS/c1-3-11-7-8-13(10(11)2)18-14-5-4-6-15-12(14)9-16(17)19-15/h9-11,13-14,18H,3-8H2,1-2H3. The second-order valence-electron chi connectivity index (χ2n) is 6.25. The fourth-order valence-corrected chi connectivity index (χ4v) is 6.13. The highest BCUT2D eigenvalue weighted by atomic mass is 127. The first kappa shape index (κ1) is 14.3. The molecule has 4 unspecified atom stereocenters. The molecule has 1 fully saturated rings. The van der Waals surface area contributed by atoms with Gasteiger partial charge in [-0.1, -0.05) is 20.3 Å². The Morgan fingerprint density at radius 3 is 2.95 bits per heavy atom. The molecule has 1 N–H and O–H groups in total. The Labute approximate surface area is 134 Å². The quantitative estimate of drug-likeness (QED) is 0.706. The van der Waals surface area contributed by atoms with Crippen molar-refractivity contribution in [3.05, 3.63) is 19.4 Å². The second-order valence-corrected chi connectivity index (χ2v) is 9.28. The summed E-state index contributed by atoms with van der Waals surface area (Å²) in [7, 11) is 0. The molecule has 0 saturated heterocycles. The molecule has 0 aliphatic heterocycles. The Bertz CT molecular complexity index is 442. The molecule has 0 bridgehead atoms. The van der Waals surface area contributed by atoms with E-state index in [2.05, 4.69) is 47.8 Å². The Hall–Kier alpha value is 0.390. The van der Waals surface area contributed by atoms with Gasteiger partial charge in [0.25, 0.3) is 0 Å². The predicted octanol–water partition coefficient (Wildman–Crippen LogP) is 5.14. The third kappa shape index (κ3) is 2.88. The molecular formula is C16H24INS. The fourth-order valence-electron chi connectivity index (χ4n) is 4.01. The highest BCUT2D eigenvalue weighted by molar-refractivity contribution is 14.1. The first-order chi connectivity index (χ1) is 9.19. The Kier molecular flexibility index (Phi) is 4.54. The first-order valence-corrected chi connectivity index (χ1v) is 9.62. The van der Waals surface area contributed by atoms with Gasteiger partial charge in [-0.2, -0.15) is 0 Å². The van der Waals surface area contributed by atoms with Crippen LogP contribution in [0.15, 0.2) is 6.07 Å². The van der Waals surface area contributed by atoms with Crippen LogP contribution in [0.1, 0.15) is 62.4 Å². The average Bonchev–Trinajstić information content (AvgIpc) is 2.93. The van der Waals surface area contributed by atoms with Crippen LogP contribution < -0.4 is 5.32 Å². The number of aryl methyl sites for hydroxylation is 1. The third-order valence-corrected chi connectivity index (χ3v) is 7.22. The maximum absolute atomic E-state index is 4.00. The van der Waals surface area contributed by atoms with Gasteiger partial charge in [-0.15, -0.1) is 11.3 Å². The molecule has 0 spiro atoms. The van der Waals surface area contributed by atoms with Gasteiger partial charge >= 0.3 is 0 Å². The van der Waals surface area contributed by atoms with Gasteiger partial charge in [-0.25, -0.2) is 0 Å². The first-order valence-electron chi connectivity index (χ1n) is 7.73. The Morgan fingerprint density at radius 1 is 1.37 bits per heavy atom. The number of fused-ring (bicyclic) bond motifs is 1. The van der Waals surface area contributed by atoms with Crippen molar-refractivity contribution in [2.45, 2.75) is 64.5 Å². The molecule has 19 heavy (non-hydrogen) atoms. The van der Waals surface area contributed by atoms with E-state index in [4.69, 9.17) is 0 Å². The minimum absolute atomic E-state index is 0.631. The highest BCUT2D eigenvalue weighted by Gasteiger charge is 2.34. The summed E-state index contributed by atoms with van der Waals surface area (Å²) in [4.78, 5) is 1.64. The molecular weight excluding hydrogens is 365 g/mol. The highest BCUT2D eigenvalue weighted by Crippen LogP contribution is 2.40. The topological polar surface area (TPSA) is 12.0 Å². The van der Waals surface area contributed by atoms with Gasteiger partial charge in [-0.05, 0) is 78.2 Å². The molecule has 4 atom stereocenters. The molecule has 0 amide bonds. The zero-order valence-corrected chi connectivity index (χ0v) is 14.9. The van der Waals surface area contributed by atoms with Crippen LogP contribution in [-0.4, -0.2) is 6.04 Å². The van der Waals surface area contributed by atoms with Crippen molar-refractivity contribution in [3.63, 3.8) is 0 Å². The van der Waals surface area contributed by atoms with E-state index in [0.29, 0.717) is 6.04 Å². The van der Waals surface area contributed by atoms with Crippen LogP contribution >= 0.6 is 33.9 Å². The molecule has 0 aromatic carbocycles. The molecule has 0 radical (unpaired) electrons. The lowest BCUT2D eigenvalue weighted by Gasteiger charge is -2.30. The third-order valence-electron chi connectivity index (χ3n) is 5.25. The molecule has 1 saturated carbocycles. The monoisotopic (exact) mass is 389 g/mol.